The highest BCUT2D eigenvalue weighted by atomic mass is 35.5. The van der Waals surface area contributed by atoms with Gasteiger partial charge in [-0.1, -0.05) is 73.0 Å². The first-order valence-electron chi connectivity index (χ1n) is 15.1. The number of halogens is 1. The van der Waals surface area contributed by atoms with E-state index in [9.17, 15) is 18.0 Å². The van der Waals surface area contributed by atoms with Crippen molar-refractivity contribution in [1.29, 1.82) is 0 Å². The van der Waals surface area contributed by atoms with Crippen LogP contribution in [0.15, 0.2) is 72.8 Å². The maximum Gasteiger partial charge on any atom is 0.243 e. The van der Waals surface area contributed by atoms with Crippen LogP contribution >= 0.6 is 11.6 Å². The van der Waals surface area contributed by atoms with Crippen molar-refractivity contribution < 1.29 is 22.7 Å². The predicted octanol–water partition coefficient (Wildman–Crippen LogP) is 5.90. The van der Waals surface area contributed by atoms with Crippen LogP contribution in [-0.2, 0) is 32.6 Å². The fourth-order valence-electron chi connectivity index (χ4n) is 5.72. The Bertz CT molecular complexity index is 1530. The monoisotopic (exact) mass is 639 g/mol. The van der Waals surface area contributed by atoms with Crippen LogP contribution in [0.5, 0.6) is 5.75 Å². The van der Waals surface area contributed by atoms with Crippen molar-refractivity contribution >= 4 is 39.1 Å². The molecule has 3 aromatic carbocycles. The minimum absolute atomic E-state index is 0.0532. The number of aryl methyl sites for hydroxylation is 1. The summed E-state index contributed by atoms with van der Waals surface area (Å²) >= 11 is 6.20. The molecule has 236 valence electrons. The van der Waals surface area contributed by atoms with Gasteiger partial charge in [0.05, 0.1) is 19.1 Å². The lowest BCUT2D eigenvalue weighted by Crippen LogP contribution is -2.52. The van der Waals surface area contributed by atoms with Gasteiger partial charge in [-0.25, -0.2) is 8.42 Å². The summed E-state index contributed by atoms with van der Waals surface area (Å²) in [7, 11) is -2.06. The molecule has 1 aliphatic rings. The van der Waals surface area contributed by atoms with Gasteiger partial charge in [0, 0.05) is 37.0 Å². The Kier molecular flexibility index (Phi) is 11.7. The number of anilines is 1. The molecule has 0 saturated heterocycles. The molecule has 8 nitrogen and oxygen atoms in total. The van der Waals surface area contributed by atoms with Crippen molar-refractivity contribution in [3.63, 3.8) is 0 Å². The number of hydrogen-bond acceptors (Lipinski definition) is 5. The molecule has 10 heteroatoms. The molecule has 0 radical (unpaired) electrons. The van der Waals surface area contributed by atoms with E-state index in [4.69, 9.17) is 16.3 Å². The fraction of sp³-hybridized carbons (Fsp3) is 0.412. The number of nitrogens with one attached hydrogen (secondary N) is 1. The summed E-state index contributed by atoms with van der Waals surface area (Å²) in [6, 6.07) is 21.6. The summed E-state index contributed by atoms with van der Waals surface area (Å²) in [5.74, 6) is 0.251. The van der Waals surface area contributed by atoms with E-state index in [0.29, 0.717) is 22.9 Å². The number of ether oxygens (including phenoxy) is 1. The number of methoxy groups -OCH3 is 1. The number of benzene rings is 3. The summed E-state index contributed by atoms with van der Waals surface area (Å²) in [6.07, 6.45) is 5.81. The zero-order valence-electron chi connectivity index (χ0n) is 25.7. The zero-order valence-corrected chi connectivity index (χ0v) is 27.2. The molecule has 44 heavy (non-hydrogen) atoms. The lowest BCUT2D eigenvalue weighted by molar-refractivity contribution is -0.141. The van der Waals surface area contributed by atoms with Crippen molar-refractivity contribution in [3.8, 4) is 5.75 Å². The van der Waals surface area contributed by atoms with Crippen molar-refractivity contribution in [2.24, 2.45) is 0 Å². The van der Waals surface area contributed by atoms with Gasteiger partial charge in [0.1, 0.15) is 11.8 Å². The normalized spacial score (nSPS) is 14.2. The Morgan fingerprint density at radius 1 is 1.00 bits per heavy atom. The molecular weight excluding hydrogens is 598 g/mol. The van der Waals surface area contributed by atoms with Crippen molar-refractivity contribution in [3.05, 3.63) is 94.5 Å². The van der Waals surface area contributed by atoms with Gasteiger partial charge >= 0.3 is 0 Å². The van der Waals surface area contributed by atoms with Crippen LogP contribution in [0.4, 0.5) is 5.69 Å². The van der Waals surface area contributed by atoms with E-state index in [0.717, 1.165) is 48.6 Å². The number of nitrogens with zero attached hydrogens (tertiary/aromatic N) is 2. The lowest BCUT2D eigenvalue weighted by Gasteiger charge is -2.33. The number of carbonyl (C=O) groups excluding carboxylic acids is 2. The van der Waals surface area contributed by atoms with Gasteiger partial charge in [0.15, 0.2) is 0 Å². The number of rotatable bonds is 14. The Morgan fingerprint density at radius 2 is 1.70 bits per heavy atom. The third-order valence-corrected chi connectivity index (χ3v) is 9.47. The molecule has 4 rings (SSSR count). The summed E-state index contributed by atoms with van der Waals surface area (Å²) < 4.78 is 32.3. The topological polar surface area (TPSA) is 96.0 Å². The average molecular weight is 640 g/mol. The minimum atomic E-state index is -3.64. The number of carbonyl (C=O) groups is 2. The first-order chi connectivity index (χ1) is 21.0. The molecule has 1 atom stereocenters. The van der Waals surface area contributed by atoms with Crippen LogP contribution in [0.3, 0.4) is 0 Å². The van der Waals surface area contributed by atoms with Gasteiger partial charge in [-0.2, -0.15) is 0 Å². The highest BCUT2D eigenvalue weighted by molar-refractivity contribution is 7.92. The number of sulfonamides is 1. The predicted molar refractivity (Wildman–Crippen MR) is 175 cm³/mol. The van der Waals surface area contributed by atoms with Crippen molar-refractivity contribution in [1.82, 2.24) is 10.2 Å². The molecule has 1 unspecified atom stereocenters. The maximum absolute atomic E-state index is 14.1. The molecule has 0 aromatic heterocycles. The quantitative estimate of drug-likeness (QED) is 0.237. The molecule has 0 aliphatic heterocycles. The highest BCUT2D eigenvalue weighted by Crippen LogP contribution is 2.27. The van der Waals surface area contributed by atoms with Crippen LogP contribution in [0.1, 0.15) is 55.2 Å². The van der Waals surface area contributed by atoms with E-state index >= 15 is 0 Å². The molecule has 0 bridgehead atoms. The average Bonchev–Trinajstić information content (AvgIpc) is 3.51. The van der Waals surface area contributed by atoms with E-state index in [1.54, 1.807) is 30.2 Å². The largest absolute Gasteiger partial charge is 0.497 e. The molecule has 1 aliphatic carbocycles. The van der Waals surface area contributed by atoms with Gasteiger partial charge in [-0.15, -0.1) is 0 Å². The minimum Gasteiger partial charge on any atom is -0.497 e. The molecule has 0 heterocycles. The summed E-state index contributed by atoms with van der Waals surface area (Å²) in [5, 5.41) is 3.64. The van der Waals surface area contributed by atoms with Gasteiger partial charge < -0.3 is 15.0 Å². The van der Waals surface area contributed by atoms with E-state index in [1.807, 2.05) is 61.5 Å². The molecule has 3 aromatic rings. The second-order valence-electron chi connectivity index (χ2n) is 11.4. The van der Waals surface area contributed by atoms with Crippen molar-refractivity contribution in [2.75, 3.05) is 24.2 Å². The third kappa shape index (κ3) is 9.22. The van der Waals surface area contributed by atoms with E-state index < -0.39 is 16.1 Å². The Morgan fingerprint density at radius 3 is 2.39 bits per heavy atom. The summed E-state index contributed by atoms with van der Waals surface area (Å²) in [6.45, 7) is 2.12. The van der Waals surface area contributed by atoms with Crippen LogP contribution in [-0.4, -0.2) is 57.1 Å². The van der Waals surface area contributed by atoms with Crippen LogP contribution < -0.4 is 14.4 Å². The molecule has 1 fully saturated rings. The van der Waals surface area contributed by atoms with Gasteiger partial charge in [-0.3, -0.25) is 13.9 Å². The van der Waals surface area contributed by atoms with Gasteiger partial charge in [0.2, 0.25) is 21.8 Å². The fourth-order valence-corrected chi connectivity index (χ4v) is 6.90. The SMILES string of the molecule is COc1cccc(CN(C(=O)CCCN(c2cc(Cl)ccc2C)S(C)(=O)=O)C(Cc2ccccc2)C(=O)NC2CCCC2)c1. The highest BCUT2D eigenvalue weighted by Gasteiger charge is 2.32. The van der Waals surface area contributed by atoms with Crippen LogP contribution in [0, 0.1) is 6.92 Å². The van der Waals surface area contributed by atoms with Crippen LogP contribution in [0.25, 0.3) is 0 Å². The lowest BCUT2D eigenvalue weighted by atomic mass is 10.0. The van der Waals surface area contributed by atoms with Gasteiger partial charge in [0.25, 0.3) is 0 Å². The van der Waals surface area contributed by atoms with Crippen LogP contribution in [0.2, 0.25) is 5.02 Å². The molecular formula is C34H42ClN3O5S. The number of amides is 2. The second-order valence-corrected chi connectivity index (χ2v) is 13.8. The van der Waals surface area contributed by atoms with Crippen molar-refractivity contribution in [2.45, 2.75) is 70.5 Å². The zero-order chi connectivity index (χ0) is 31.7. The third-order valence-electron chi connectivity index (χ3n) is 8.05. The standard InChI is InChI=1S/C34H42ClN3O5S/c1-25-18-19-28(35)23-31(25)38(44(3,41)42)20-10-17-33(39)37(24-27-13-9-16-30(21-27)43-2)32(22-26-11-5-4-6-12-26)34(40)36-29-14-7-8-15-29/h4-6,9,11-13,16,18-19,21,23,29,32H,7-8,10,14-15,17,20,22,24H2,1-3H3,(H,36,40). The summed E-state index contributed by atoms with van der Waals surface area (Å²) in [5.41, 5.74) is 3.02. The Labute approximate surface area is 266 Å². The first kappa shape index (κ1) is 33.3. The maximum atomic E-state index is 14.1. The van der Waals surface area contributed by atoms with E-state index in [1.165, 1.54) is 4.31 Å². The summed E-state index contributed by atoms with van der Waals surface area (Å²) in [4.78, 5) is 29.6. The Balaban J connectivity index is 1.61. The molecule has 0 spiro atoms. The van der Waals surface area contributed by atoms with Gasteiger partial charge in [-0.05, 0) is 67.1 Å². The number of hydrogen-bond donors (Lipinski definition) is 1. The smallest absolute Gasteiger partial charge is 0.243 e. The molecule has 1 N–H and O–H groups in total. The second kappa shape index (κ2) is 15.4. The Hall–Kier alpha value is -3.56. The van der Waals surface area contributed by atoms with E-state index in [2.05, 4.69) is 5.32 Å². The van der Waals surface area contributed by atoms with E-state index in [-0.39, 0.29) is 43.8 Å². The molecule has 2 amide bonds. The first-order valence-corrected chi connectivity index (χ1v) is 17.3. The molecule has 1 saturated carbocycles.